The van der Waals surface area contributed by atoms with E-state index in [9.17, 15) is 4.79 Å². The van der Waals surface area contributed by atoms with Crippen LogP contribution >= 0.6 is 0 Å². The number of hydrogen-bond donors (Lipinski definition) is 1. The van der Waals surface area contributed by atoms with Gasteiger partial charge in [0.1, 0.15) is 17.1 Å². The lowest BCUT2D eigenvalue weighted by atomic mass is 10.2. The summed E-state index contributed by atoms with van der Waals surface area (Å²) in [6.45, 7) is 2.84. The lowest BCUT2D eigenvalue weighted by Gasteiger charge is -2.28. The van der Waals surface area contributed by atoms with E-state index >= 15 is 0 Å². The van der Waals surface area contributed by atoms with Crippen molar-refractivity contribution in [1.29, 1.82) is 0 Å². The predicted octanol–water partition coefficient (Wildman–Crippen LogP) is 3.11. The minimum atomic E-state index is -0.284. The number of morpholine rings is 1. The Kier molecular flexibility index (Phi) is 6.37. The molecule has 2 heterocycles. The number of pyridine rings is 1. The molecule has 8 nitrogen and oxygen atoms in total. The summed E-state index contributed by atoms with van der Waals surface area (Å²) < 4.78 is 21.7. The van der Waals surface area contributed by atoms with Gasteiger partial charge < -0.3 is 29.2 Å². The Morgan fingerprint density at radius 1 is 1.03 bits per heavy atom. The summed E-state index contributed by atoms with van der Waals surface area (Å²) in [7, 11) is 3.11. The maximum Gasteiger partial charge on any atom is 0.262 e. The maximum atomic E-state index is 12.4. The van der Waals surface area contributed by atoms with Crippen LogP contribution in [0.2, 0.25) is 0 Å². The minimum absolute atomic E-state index is 0.142. The fourth-order valence-electron chi connectivity index (χ4n) is 3.45. The average Bonchev–Trinajstić information content (AvgIpc) is 2.82. The molecule has 0 bridgehead atoms. The molecule has 0 atom stereocenters. The zero-order valence-corrected chi connectivity index (χ0v) is 17.6. The highest BCUT2D eigenvalue weighted by molar-refractivity contribution is 5.93. The Balaban J connectivity index is 1.46. The van der Waals surface area contributed by atoms with Gasteiger partial charge in [0.25, 0.3) is 5.91 Å². The number of ether oxygens (including phenoxy) is 4. The summed E-state index contributed by atoms with van der Waals surface area (Å²) in [6.07, 6.45) is 0. The van der Waals surface area contributed by atoms with Gasteiger partial charge in [-0.25, -0.2) is 4.98 Å². The number of rotatable bonds is 7. The van der Waals surface area contributed by atoms with E-state index in [-0.39, 0.29) is 12.5 Å². The topological polar surface area (TPSA) is 82.2 Å². The molecule has 162 valence electrons. The van der Waals surface area contributed by atoms with Crippen molar-refractivity contribution in [2.24, 2.45) is 0 Å². The molecule has 0 aliphatic carbocycles. The van der Waals surface area contributed by atoms with Gasteiger partial charge in [0, 0.05) is 30.2 Å². The van der Waals surface area contributed by atoms with Crippen LogP contribution in [0.5, 0.6) is 17.2 Å². The summed E-state index contributed by atoms with van der Waals surface area (Å²) in [5.74, 6) is 2.29. The molecule has 1 aliphatic heterocycles. The molecule has 1 amide bonds. The molecule has 1 N–H and O–H groups in total. The predicted molar refractivity (Wildman–Crippen MR) is 118 cm³/mol. The first-order valence-electron chi connectivity index (χ1n) is 10.0. The number of fused-ring (bicyclic) bond motifs is 1. The SMILES string of the molecule is COc1ccc(NC(=O)COc2cccc3ccc(N4CCOCC4)nc23)cc1OC. The lowest BCUT2D eigenvalue weighted by Crippen LogP contribution is -2.36. The highest BCUT2D eigenvalue weighted by atomic mass is 16.5. The molecule has 3 aromatic rings. The fourth-order valence-corrected chi connectivity index (χ4v) is 3.45. The van der Waals surface area contributed by atoms with Crippen molar-refractivity contribution in [2.45, 2.75) is 0 Å². The first kappa shape index (κ1) is 20.7. The van der Waals surface area contributed by atoms with Crippen LogP contribution in [0.3, 0.4) is 0 Å². The third-order valence-electron chi connectivity index (χ3n) is 5.03. The van der Waals surface area contributed by atoms with Crippen molar-refractivity contribution in [2.75, 3.05) is 57.3 Å². The van der Waals surface area contributed by atoms with Gasteiger partial charge in [-0.1, -0.05) is 12.1 Å². The van der Waals surface area contributed by atoms with Gasteiger partial charge in [0.2, 0.25) is 0 Å². The number of nitrogens with zero attached hydrogens (tertiary/aromatic N) is 2. The van der Waals surface area contributed by atoms with E-state index in [0.717, 1.165) is 29.8 Å². The van der Waals surface area contributed by atoms with Crippen LogP contribution in [-0.4, -0.2) is 58.0 Å². The summed E-state index contributed by atoms with van der Waals surface area (Å²) >= 11 is 0. The average molecular weight is 423 g/mol. The number of methoxy groups -OCH3 is 2. The number of nitrogens with one attached hydrogen (secondary N) is 1. The van der Waals surface area contributed by atoms with Crippen LogP contribution < -0.4 is 24.4 Å². The lowest BCUT2D eigenvalue weighted by molar-refractivity contribution is -0.118. The van der Waals surface area contributed by atoms with E-state index in [4.69, 9.17) is 23.9 Å². The molecule has 0 unspecified atom stereocenters. The molecule has 4 rings (SSSR count). The third-order valence-corrected chi connectivity index (χ3v) is 5.03. The Labute approximate surface area is 180 Å². The zero-order valence-electron chi connectivity index (χ0n) is 17.6. The van der Waals surface area contributed by atoms with Crippen molar-refractivity contribution < 1.29 is 23.7 Å². The molecule has 1 aromatic heterocycles. The molecule has 0 spiro atoms. The van der Waals surface area contributed by atoms with Crippen LogP contribution in [0, 0.1) is 0 Å². The molecular weight excluding hydrogens is 398 g/mol. The molecule has 31 heavy (non-hydrogen) atoms. The fraction of sp³-hybridized carbons (Fsp3) is 0.304. The Morgan fingerprint density at radius 3 is 2.61 bits per heavy atom. The normalized spacial score (nSPS) is 13.7. The molecule has 8 heteroatoms. The first-order chi connectivity index (χ1) is 15.2. The second-order valence-electron chi connectivity index (χ2n) is 7.00. The summed E-state index contributed by atoms with van der Waals surface area (Å²) in [6, 6.07) is 14.9. The van der Waals surface area contributed by atoms with Crippen LogP contribution in [0.25, 0.3) is 10.9 Å². The number of anilines is 2. The Morgan fingerprint density at radius 2 is 1.84 bits per heavy atom. The molecule has 1 fully saturated rings. The van der Waals surface area contributed by atoms with Crippen LogP contribution in [0.15, 0.2) is 48.5 Å². The first-order valence-corrected chi connectivity index (χ1v) is 10.0. The van der Waals surface area contributed by atoms with Crippen molar-refractivity contribution in [3.05, 3.63) is 48.5 Å². The smallest absolute Gasteiger partial charge is 0.262 e. The quantitative estimate of drug-likeness (QED) is 0.625. The molecule has 0 saturated carbocycles. The number of para-hydroxylation sites is 1. The largest absolute Gasteiger partial charge is 0.493 e. The van der Waals surface area contributed by atoms with Crippen molar-refractivity contribution in [3.63, 3.8) is 0 Å². The summed E-state index contributed by atoms with van der Waals surface area (Å²) in [5.41, 5.74) is 1.32. The van der Waals surface area contributed by atoms with Crippen molar-refractivity contribution >= 4 is 28.3 Å². The molecule has 2 aromatic carbocycles. The molecule has 1 aliphatic rings. The van der Waals surface area contributed by atoms with Gasteiger partial charge >= 0.3 is 0 Å². The van der Waals surface area contributed by atoms with E-state index in [1.807, 2.05) is 30.3 Å². The van der Waals surface area contributed by atoms with Crippen molar-refractivity contribution in [1.82, 2.24) is 4.98 Å². The number of carbonyl (C=O) groups excluding carboxylic acids is 1. The van der Waals surface area contributed by atoms with Gasteiger partial charge in [-0.3, -0.25) is 4.79 Å². The maximum absolute atomic E-state index is 12.4. The van der Waals surface area contributed by atoms with Gasteiger partial charge in [0.05, 0.1) is 27.4 Å². The summed E-state index contributed by atoms with van der Waals surface area (Å²) in [5, 5.41) is 3.76. The van der Waals surface area contributed by atoms with Crippen LogP contribution in [0.4, 0.5) is 11.5 Å². The van der Waals surface area contributed by atoms with Gasteiger partial charge in [0.15, 0.2) is 18.1 Å². The summed E-state index contributed by atoms with van der Waals surface area (Å²) in [4.78, 5) is 19.4. The van der Waals surface area contributed by atoms with Crippen molar-refractivity contribution in [3.8, 4) is 17.2 Å². The molecule has 0 radical (unpaired) electrons. The standard InChI is InChI=1S/C23H25N3O5/c1-28-18-8-7-17(14-20(18)29-2)24-22(27)15-31-19-5-3-4-16-6-9-21(25-23(16)19)26-10-12-30-13-11-26/h3-9,14H,10-13,15H2,1-2H3,(H,24,27). The van der Waals surface area contributed by atoms with E-state index in [0.29, 0.717) is 36.1 Å². The van der Waals surface area contributed by atoms with Crippen LogP contribution in [0.1, 0.15) is 0 Å². The van der Waals surface area contributed by atoms with Gasteiger partial charge in [-0.2, -0.15) is 0 Å². The number of carbonyl (C=O) groups is 1. The van der Waals surface area contributed by atoms with Gasteiger partial charge in [-0.15, -0.1) is 0 Å². The van der Waals surface area contributed by atoms with E-state index in [1.165, 1.54) is 0 Å². The number of hydrogen-bond acceptors (Lipinski definition) is 7. The van der Waals surface area contributed by atoms with E-state index < -0.39 is 0 Å². The van der Waals surface area contributed by atoms with Crippen LogP contribution in [-0.2, 0) is 9.53 Å². The number of aromatic nitrogens is 1. The second kappa shape index (κ2) is 9.53. The Hall–Kier alpha value is -3.52. The van der Waals surface area contributed by atoms with E-state index in [1.54, 1.807) is 32.4 Å². The molecular formula is C23H25N3O5. The monoisotopic (exact) mass is 423 g/mol. The zero-order chi connectivity index (χ0) is 21.6. The second-order valence-corrected chi connectivity index (χ2v) is 7.00. The van der Waals surface area contributed by atoms with E-state index in [2.05, 4.69) is 10.2 Å². The third kappa shape index (κ3) is 4.80. The number of benzene rings is 2. The molecule has 1 saturated heterocycles. The minimum Gasteiger partial charge on any atom is -0.493 e. The Bertz CT molecular complexity index is 1070. The highest BCUT2D eigenvalue weighted by Gasteiger charge is 2.15. The highest BCUT2D eigenvalue weighted by Crippen LogP contribution is 2.30. The number of amides is 1. The van der Waals surface area contributed by atoms with Gasteiger partial charge in [-0.05, 0) is 30.3 Å².